The second-order valence-corrected chi connectivity index (χ2v) is 9.62. The van der Waals surface area contributed by atoms with Gasteiger partial charge in [-0.15, -0.1) is 0 Å². The normalized spacial score (nSPS) is 11.6. The van der Waals surface area contributed by atoms with Gasteiger partial charge >= 0.3 is 5.97 Å². The summed E-state index contributed by atoms with van der Waals surface area (Å²) in [7, 11) is 4.82. The Morgan fingerprint density at radius 1 is 0.905 bits per heavy atom. The Morgan fingerprint density at radius 3 is 2.31 bits per heavy atom. The molecule has 2 aromatic heterocycles. The van der Waals surface area contributed by atoms with E-state index in [1.807, 2.05) is 30.3 Å². The van der Waals surface area contributed by atoms with E-state index >= 15 is 0 Å². The molecule has 0 aliphatic rings. The molecule has 0 bridgehead atoms. The number of rotatable bonds is 8. The molecule has 5 aromatic rings. The van der Waals surface area contributed by atoms with Crippen molar-refractivity contribution in [3.63, 3.8) is 0 Å². The number of anilines is 1. The zero-order chi connectivity index (χ0) is 30.0. The molecule has 1 N–H and O–H groups in total. The molecule has 1 amide bonds. The Hall–Kier alpha value is -5.38. The molecule has 0 fully saturated rings. The van der Waals surface area contributed by atoms with E-state index in [2.05, 4.69) is 5.32 Å². The van der Waals surface area contributed by atoms with Crippen LogP contribution in [0.2, 0.25) is 0 Å². The number of para-hydroxylation sites is 2. The van der Waals surface area contributed by atoms with Gasteiger partial charge in [0.25, 0.3) is 11.5 Å². The molecule has 1 atom stereocenters. The van der Waals surface area contributed by atoms with Crippen molar-refractivity contribution in [3.8, 4) is 28.4 Å². The Morgan fingerprint density at radius 2 is 1.60 bits per heavy atom. The van der Waals surface area contributed by atoms with Crippen molar-refractivity contribution in [1.29, 1.82) is 0 Å². The van der Waals surface area contributed by atoms with Gasteiger partial charge in [0.2, 0.25) is 0 Å². The smallest absolute Gasteiger partial charge is 0.339 e. The molecule has 42 heavy (non-hydrogen) atoms. The van der Waals surface area contributed by atoms with Gasteiger partial charge in [-0.2, -0.15) is 0 Å². The topological polar surface area (TPSA) is 114 Å². The highest BCUT2D eigenvalue weighted by atomic mass is 16.5. The van der Waals surface area contributed by atoms with Gasteiger partial charge in [0.1, 0.15) is 5.69 Å². The number of esters is 1. The third kappa shape index (κ3) is 5.22. The maximum atomic E-state index is 13.5. The molecule has 10 nitrogen and oxygen atoms in total. The summed E-state index contributed by atoms with van der Waals surface area (Å²) >= 11 is 0. The number of carbonyl (C=O) groups is 2. The number of aromatic nitrogens is 3. The average molecular weight is 567 g/mol. The second-order valence-electron chi connectivity index (χ2n) is 9.62. The molecule has 5 rings (SSSR count). The number of nitrogens with zero attached hydrogens (tertiary/aromatic N) is 3. The SMILES string of the molecule is COc1ccc(-c2cc(C(=O)OC(C)C(=O)Nc3c(C)n(C)n(-c4ccccc4)c3=O)c3ccccc3n2)cc1OC. The van der Waals surface area contributed by atoms with E-state index in [9.17, 15) is 14.4 Å². The van der Waals surface area contributed by atoms with E-state index < -0.39 is 23.5 Å². The first kappa shape index (κ1) is 28.2. The van der Waals surface area contributed by atoms with E-state index in [0.717, 1.165) is 0 Å². The van der Waals surface area contributed by atoms with Crippen LogP contribution in [0.5, 0.6) is 11.5 Å². The molecule has 0 saturated carbocycles. The van der Waals surface area contributed by atoms with Crippen molar-refractivity contribution in [2.24, 2.45) is 7.05 Å². The first-order valence-electron chi connectivity index (χ1n) is 13.2. The minimum atomic E-state index is -1.20. The van der Waals surface area contributed by atoms with E-state index in [1.165, 1.54) is 11.6 Å². The summed E-state index contributed by atoms with van der Waals surface area (Å²) in [5.74, 6) is -0.259. The van der Waals surface area contributed by atoms with Crippen LogP contribution >= 0.6 is 0 Å². The summed E-state index contributed by atoms with van der Waals surface area (Å²) in [6, 6.07) is 23.2. The third-order valence-corrected chi connectivity index (χ3v) is 7.07. The zero-order valence-electron chi connectivity index (χ0n) is 23.9. The van der Waals surface area contributed by atoms with Gasteiger partial charge in [-0.1, -0.05) is 36.4 Å². The first-order valence-corrected chi connectivity index (χ1v) is 13.2. The molecule has 0 spiro atoms. The molecule has 3 aromatic carbocycles. The van der Waals surface area contributed by atoms with Crippen LogP contribution in [-0.2, 0) is 16.6 Å². The lowest BCUT2D eigenvalue weighted by atomic mass is 10.0. The maximum absolute atomic E-state index is 13.5. The molecule has 214 valence electrons. The highest BCUT2D eigenvalue weighted by Gasteiger charge is 2.25. The van der Waals surface area contributed by atoms with E-state index in [-0.39, 0.29) is 11.3 Å². The van der Waals surface area contributed by atoms with Gasteiger partial charge in [0, 0.05) is 18.0 Å². The highest BCUT2D eigenvalue weighted by Crippen LogP contribution is 2.33. The number of ether oxygens (including phenoxy) is 3. The minimum Gasteiger partial charge on any atom is -0.493 e. The maximum Gasteiger partial charge on any atom is 0.339 e. The summed E-state index contributed by atoms with van der Waals surface area (Å²) in [4.78, 5) is 44.5. The van der Waals surface area contributed by atoms with Gasteiger partial charge in [-0.25, -0.2) is 14.5 Å². The summed E-state index contributed by atoms with van der Waals surface area (Å²) in [5, 5.41) is 3.23. The van der Waals surface area contributed by atoms with Gasteiger partial charge in [0.05, 0.1) is 42.4 Å². The number of pyridine rings is 1. The highest BCUT2D eigenvalue weighted by molar-refractivity contribution is 6.06. The van der Waals surface area contributed by atoms with Gasteiger partial charge < -0.3 is 19.5 Å². The Bertz CT molecular complexity index is 1860. The predicted molar refractivity (Wildman–Crippen MR) is 160 cm³/mol. The van der Waals surface area contributed by atoms with Crippen molar-refractivity contribution in [2.45, 2.75) is 20.0 Å². The van der Waals surface area contributed by atoms with Crippen LogP contribution in [0.1, 0.15) is 23.0 Å². The average Bonchev–Trinajstić information content (AvgIpc) is 3.22. The fourth-order valence-corrected chi connectivity index (χ4v) is 4.70. The summed E-state index contributed by atoms with van der Waals surface area (Å²) in [6.07, 6.45) is -1.20. The van der Waals surface area contributed by atoms with Crippen LogP contribution in [0, 0.1) is 6.92 Å². The molecule has 0 aliphatic heterocycles. The predicted octanol–water partition coefficient (Wildman–Crippen LogP) is 4.90. The van der Waals surface area contributed by atoms with Crippen molar-refractivity contribution in [1.82, 2.24) is 14.3 Å². The Labute approximate surface area is 242 Å². The van der Waals surface area contributed by atoms with E-state index in [0.29, 0.717) is 45.0 Å². The third-order valence-electron chi connectivity index (χ3n) is 7.07. The molecule has 0 saturated heterocycles. The van der Waals surface area contributed by atoms with Crippen molar-refractivity contribution < 1.29 is 23.8 Å². The summed E-state index contributed by atoms with van der Waals surface area (Å²) in [5.41, 5.74) is 2.96. The number of carbonyl (C=O) groups excluding carboxylic acids is 2. The standard InChI is InChI=1S/C32H30N4O6/c1-19-29(31(38)36(35(19)3)22-11-7-6-8-12-22)34-30(37)20(2)42-32(39)24-18-26(33-25-14-10-9-13-23(24)25)21-15-16-27(40-4)28(17-21)41-5/h6-18,20H,1-5H3,(H,34,37). The van der Waals surface area contributed by atoms with Crippen molar-refractivity contribution >= 4 is 28.5 Å². The van der Waals surface area contributed by atoms with Gasteiger partial charge in [-0.05, 0) is 56.3 Å². The Balaban J connectivity index is 1.42. The van der Waals surface area contributed by atoms with Crippen LogP contribution in [0.25, 0.3) is 27.8 Å². The number of amides is 1. The summed E-state index contributed by atoms with van der Waals surface area (Å²) in [6.45, 7) is 3.19. The number of benzene rings is 3. The molecule has 10 heteroatoms. The van der Waals surface area contributed by atoms with Crippen LogP contribution < -0.4 is 20.3 Å². The van der Waals surface area contributed by atoms with Crippen molar-refractivity contribution in [3.05, 3.63) is 100 Å². The zero-order valence-corrected chi connectivity index (χ0v) is 23.9. The number of hydrogen-bond acceptors (Lipinski definition) is 7. The lowest BCUT2D eigenvalue weighted by Gasteiger charge is -2.15. The van der Waals surface area contributed by atoms with E-state index in [1.54, 1.807) is 81.4 Å². The molecule has 0 radical (unpaired) electrons. The first-order chi connectivity index (χ1) is 20.2. The van der Waals surface area contributed by atoms with Crippen LogP contribution in [-0.4, -0.2) is 46.5 Å². The van der Waals surface area contributed by atoms with E-state index in [4.69, 9.17) is 19.2 Å². The van der Waals surface area contributed by atoms with Crippen molar-refractivity contribution in [2.75, 3.05) is 19.5 Å². The number of hydrogen-bond donors (Lipinski definition) is 1. The van der Waals surface area contributed by atoms with Crippen LogP contribution in [0.15, 0.2) is 83.7 Å². The molecular weight excluding hydrogens is 536 g/mol. The molecule has 2 heterocycles. The monoisotopic (exact) mass is 566 g/mol. The molecular formula is C32H30N4O6. The quantitative estimate of drug-likeness (QED) is 0.266. The number of fused-ring (bicyclic) bond motifs is 1. The van der Waals surface area contributed by atoms with Crippen LogP contribution in [0.4, 0.5) is 5.69 Å². The number of methoxy groups -OCH3 is 2. The second kappa shape index (κ2) is 11.6. The fraction of sp³-hybridized carbons (Fsp3) is 0.188. The van der Waals surface area contributed by atoms with Gasteiger partial charge in [0.15, 0.2) is 17.6 Å². The Kier molecular flexibility index (Phi) is 7.79. The minimum absolute atomic E-state index is 0.111. The lowest BCUT2D eigenvalue weighted by Crippen LogP contribution is -2.32. The molecule has 1 unspecified atom stereocenters. The lowest BCUT2D eigenvalue weighted by molar-refractivity contribution is -0.123. The summed E-state index contributed by atoms with van der Waals surface area (Å²) < 4.78 is 19.5. The van der Waals surface area contributed by atoms with Crippen LogP contribution in [0.3, 0.4) is 0 Å². The fourth-order valence-electron chi connectivity index (χ4n) is 4.70. The largest absolute Gasteiger partial charge is 0.493 e. The van der Waals surface area contributed by atoms with Gasteiger partial charge in [-0.3, -0.25) is 14.3 Å². The number of nitrogens with one attached hydrogen (secondary N) is 1. The molecule has 0 aliphatic carbocycles.